The first-order valence-electron chi connectivity index (χ1n) is 5.42. The Morgan fingerprint density at radius 2 is 2.29 bits per heavy atom. The van der Waals surface area contributed by atoms with Crippen molar-refractivity contribution < 1.29 is 9.52 Å². The van der Waals surface area contributed by atoms with Gasteiger partial charge in [-0.2, -0.15) is 0 Å². The molecular weight excluding hydrogens is 176 g/mol. The minimum Gasteiger partial charge on any atom is -0.469 e. The Kier molecular flexibility index (Phi) is 4.74. The first-order valence-corrected chi connectivity index (χ1v) is 5.42. The summed E-state index contributed by atoms with van der Waals surface area (Å²) in [5.41, 5.74) is 0. The summed E-state index contributed by atoms with van der Waals surface area (Å²) in [6, 6.07) is 3.84. The Labute approximate surface area is 85.9 Å². The van der Waals surface area contributed by atoms with Crippen LogP contribution in [0.1, 0.15) is 38.9 Å². The van der Waals surface area contributed by atoms with Crippen LogP contribution in [0.2, 0.25) is 0 Å². The fourth-order valence-corrected chi connectivity index (χ4v) is 1.51. The largest absolute Gasteiger partial charge is 0.469 e. The van der Waals surface area contributed by atoms with Gasteiger partial charge < -0.3 is 9.52 Å². The van der Waals surface area contributed by atoms with Crippen LogP contribution in [0.15, 0.2) is 22.8 Å². The van der Waals surface area contributed by atoms with Crippen molar-refractivity contribution in [3.63, 3.8) is 0 Å². The molecule has 0 spiro atoms. The molecule has 0 fully saturated rings. The van der Waals surface area contributed by atoms with E-state index in [4.69, 9.17) is 4.42 Å². The van der Waals surface area contributed by atoms with Crippen molar-refractivity contribution in [2.45, 2.75) is 45.6 Å². The van der Waals surface area contributed by atoms with Gasteiger partial charge in [0.1, 0.15) is 5.76 Å². The summed E-state index contributed by atoms with van der Waals surface area (Å²) in [6.45, 7) is 4.33. The fraction of sp³-hybridized carbons (Fsp3) is 0.667. The molecule has 1 N–H and O–H groups in total. The summed E-state index contributed by atoms with van der Waals surface area (Å²) in [4.78, 5) is 0. The average Bonchev–Trinajstić information content (AvgIpc) is 2.67. The second-order valence-corrected chi connectivity index (χ2v) is 4.02. The Morgan fingerprint density at radius 1 is 1.50 bits per heavy atom. The van der Waals surface area contributed by atoms with E-state index in [1.54, 1.807) is 6.26 Å². The van der Waals surface area contributed by atoms with E-state index in [1.165, 1.54) is 0 Å². The van der Waals surface area contributed by atoms with Gasteiger partial charge in [0, 0.05) is 6.42 Å². The molecular formula is C12H20O2. The monoisotopic (exact) mass is 196 g/mol. The van der Waals surface area contributed by atoms with Gasteiger partial charge in [-0.25, -0.2) is 0 Å². The zero-order valence-corrected chi connectivity index (χ0v) is 9.07. The number of rotatable bonds is 6. The van der Waals surface area contributed by atoms with Crippen molar-refractivity contribution in [3.8, 4) is 0 Å². The molecule has 1 aromatic heterocycles. The topological polar surface area (TPSA) is 33.4 Å². The molecule has 1 aromatic rings. The summed E-state index contributed by atoms with van der Waals surface area (Å²) in [7, 11) is 0. The predicted octanol–water partition coefficient (Wildman–Crippen LogP) is 3.01. The highest BCUT2D eigenvalue weighted by atomic mass is 16.3. The Balaban J connectivity index is 2.18. The van der Waals surface area contributed by atoms with Crippen LogP contribution in [0, 0.1) is 5.92 Å². The van der Waals surface area contributed by atoms with Crippen molar-refractivity contribution in [2.24, 2.45) is 5.92 Å². The van der Waals surface area contributed by atoms with E-state index in [0.717, 1.165) is 31.4 Å². The second kappa shape index (κ2) is 5.86. The SMILES string of the molecule is CCC(C)CC(O)CCc1ccco1. The van der Waals surface area contributed by atoms with Crippen molar-refractivity contribution in [1.82, 2.24) is 0 Å². The molecule has 0 aliphatic carbocycles. The number of hydrogen-bond donors (Lipinski definition) is 1. The van der Waals surface area contributed by atoms with Crippen molar-refractivity contribution >= 4 is 0 Å². The van der Waals surface area contributed by atoms with Crippen LogP contribution in [0.5, 0.6) is 0 Å². The normalized spacial score (nSPS) is 15.4. The van der Waals surface area contributed by atoms with Crippen LogP contribution in [0.4, 0.5) is 0 Å². The van der Waals surface area contributed by atoms with Crippen LogP contribution in [-0.2, 0) is 6.42 Å². The Bertz CT molecular complexity index is 228. The Hall–Kier alpha value is -0.760. The molecule has 2 atom stereocenters. The van der Waals surface area contributed by atoms with Gasteiger partial charge in [-0.1, -0.05) is 20.3 Å². The molecule has 14 heavy (non-hydrogen) atoms. The number of furan rings is 1. The molecule has 1 rings (SSSR count). The molecule has 0 saturated heterocycles. The van der Waals surface area contributed by atoms with E-state index in [2.05, 4.69) is 13.8 Å². The highest BCUT2D eigenvalue weighted by Crippen LogP contribution is 2.14. The van der Waals surface area contributed by atoms with E-state index in [-0.39, 0.29) is 6.10 Å². The first-order chi connectivity index (χ1) is 6.72. The molecule has 0 aliphatic heterocycles. The molecule has 0 amide bonds. The molecule has 0 aromatic carbocycles. The lowest BCUT2D eigenvalue weighted by Gasteiger charge is -2.13. The summed E-state index contributed by atoms with van der Waals surface area (Å²) >= 11 is 0. The molecule has 0 saturated carbocycles. The lowest BCUT2D eigenvalue weighted by molar-refractivity contribution is 0.134. The zero-order chi connectivity index (χ0) is 10.4. The molecule has 2 heteroatoms. The number of aliphatic hydroxyl groups is 1. The van der Waals surface area contributed by atoms with E-state index in [1.807, 2.05) is 12.1 Å². The van der Waals surface area contributed by atoms with Gasteiger partial charge >= 0.3 is 0 Å². The lowest BCUT2D eigenvalue weighted by Crippen LogP contribution is -2.12. The summed E-state index contributed by atoms with van der Waals surface area (Å²) < 4.78 is 5.20. The fourth-order valence-electron chi connectivity index (χ4n) is 1.51. The maximum atomic E-state index is 9.71. The zero-order valence-electron chi connectivity index (χ0n) is 9.07. The van der Waals surface area contributed by atoms with E-state index in [0.29, 0.717) is 5.92 Å². The molecule has 1 heterocycles. The summed E-state index contributed by atoms with van der Waals surface area (Å²) in [5, 5.41) is 9.71. The van der Waals surface area contributed by atoms with Crippen LogP contribution in [0.25, 0.3) is 0 Å². The van der Waals surface area contributed by atoms with Gasteiger partial charge in [-0.05, 0) is 30.9 Å². The highest BCUT2D eigenvalue weighted by Gasteiger charge is 2.09. The van der Waals surface area contributed by atoms with Gasteiger partial charge in [0.2, 0.25) is 0 Å². The quantitative estimate of drug-likeness (QED) is 0.758. The molecule has 2 nitrogen and oxygen atoms in total. The van der Waals surface area contributed by atoms with Crippen molar-refractivity contribution in [3.05, 3.63) is 24.2 Å². The number of hydrogen-bond acceptors (Lipinski definition) is 2. The van der Waals surface area contributed by atoms with Gasteiger partial charge in [0.25, 0.3) is 0 Å². The molecule has 0 bridgehead atoms. The molecule has 0 radical (unpaired) electrons. The molecule has 2 unspecified atom stereocenters. The third-order valence-electron chi connectivity index (χ3n) is 2.68. The maximum absolute atomic E-state index is 9.71. The summed E-state index contributed by atoms with van der Waals surface area (Å²) in [6.07, 6.45) is 5.17. The number of aliphatic hydroxyl groups excluding tert-OH is 1. The van der Waals surface area contributed by atoms with E-state index in [9.17, 15) is 5.11 Å². The van der Waals surface area contributed by atoms with E-state index >= 15 is 0 Å². The highest BCUT2D eigenvalue weighted by molar-refractivity contribution is 4.98. The van der Waals surface area contributed by atoms with Crippen LogP contribution < -0.4 is 0 Å². The smallest absolute Gasteiger partial charge is 0.103 e. The first kappa shape index (κ1) is 11.3. The van der Waals surface area contributed by atoms with Gasteiger partial charge in [-0.15, -0.1) is 0 Å². The second-order valence-electron chi connectivity index (χ2n) is 4.02. The standard InChI is InChI=1S/C12H20O2/c1-3-10(2)9-11(13)6-7-12-5-4-8-14-12/h4-5,8,10-11,13H,3,6-7,9H2,1-2H3. The number of aryl methyl sites for hydroxylation is 1. The van der Waals surface area contributed by atoms with Crippen molar-refractivity contribution in [2.75, 3.05) is 0 Å². The van der Waals surface area contributed by atoms with Gasteiger partial charge in [0.05, 0.1) is 12.4 Å². The Morgan fingerprint density at radius 3 is 2.86 bits per heavy atom. The van der Waals surface area contributed by atoms with Gasteiger partial charge in [-0.3, -0.25) is 0 Å². The minimum absolute atomic E-state index is 0.185. The lowest BCUT2D eigenvalue weighted by atomic mass is 9.98. The van der Waals surface area contributed by atoms with Gasteiger partial charge in [0.15, 0.2) is 0 Å². The van der Waals surface area contributed by atoms with Crippen LogP contribution in [-0.4, -0.2) is 11.2 Å². The average molecular weight is 196 g/mol. The van der Waals surface area contributed by atoms with E-state index < -0.39 is 0 Å². The van der Waals surface area contributed by atoms with Crippen molar-refractivity contribution in [1.29, 1.82) is 0 Å². The molecule has 0 aliphatic rings. The third kappa shape index (κ3) is 3.97. The summed E-state index contributed by atoms with van der Waals surface area (Å²) in [5.74, 6) is 1.58. The minimum atomic E-state index is -0.185. The van der Waals surface area contributed by atoms with Crippen LogP contribution >= 0.6 is 0 Å². The molecule has 80 valence electrons. The van der Waals surface area contributed by atoms with Crippen LogP contribution in [0.3, 0.4) is 0 Å². The third-order valence-corrected chi connectivity index (χ3v) is 2.68. The maximum Gasteiger partial charge on any atom is 0.103 e. The predicted molar refractivity (Wildman–Crippen MR) is 57.1 cm³/mol.